The van der Waals surface area contributed by atoms with E-state index in [0.717, 1.165) is 5.56 Å². The largest absolute Gasteiger partial charge is 0.465 e. The molecule has 0 amide bonds. The number of non-ortho nitro benzene ring substituents is 1. The molecule has 0 saturated heterocycles. The molecule has 0 spiro atoms. The van der Waals surface area contributed by atoms with Crippen molar-refractivity contribution in [1.29, 1.82) is 0 Å². The number of halogens is 1. The van der Waals surface area contributed by atoms with Crippen molar-refractivity contribution in [1.82, 2.24) is 0 Å². The lowest BCUT2D eigenvalue weighted by Crippen LogP contribution is -2.31. The van der Waals surface area contributed by atoms with Gasteiger partial charge in [-0.3, -0.25) is 20.2 Å². The Morgan fingerprint density at radius 2 is 1.67 bits per heavy atom. The number of ether oxygens (including phenoxy) is 2. The predicted molar refractivity (Wildman–Crippen MR) is 172 cm³/mol. The standard InChI is InChI=1S/C33H26ClN3O8S/c1-44-33(39)21-9-2-4-11-26(21)45-32(38)19-13-14-24-22(16-19)29-23(31(35-24)18-7-6-8-20(15-18)36(40)41)17-28(30(29)34)46-27-12-5-3-10-25(27)37(42)43/h2-16,23,28-31,35H,17H2,1H3/t23-,28+,29-,30+,31+/m1/s1. The average molecular weight is 660 g/mol. The summed E-state index contributed by atoms with van der Waals surface area (Å²) >= 11 is 8.57. The lowest BCUT2D eigenvalue weighted by Gasteiger charge is -2.38. The molecule has 1 aliphatic carbocycles. The quantitative estimate of drug-likeness (QED) is 0.0660. The highest BCUT2D eigenvalue weighted by molar-refractivity contribution is 8.00. The monoisotopic (exact) mass is 659 g/mol. The highest BCUT2D eigenvalue weighted by atomic mass is 35.5. The third-order valence-corrected chi connectivity index (χ3v) is 10.4. The summed E-state index contributed by atoms with van der Waals surface area (Å²) in [6, 6.07) is 23.9. The number of alkyl halides is 1. The number of rotatable bonds is 8. The molecule has 5 atom stereocenters. The molecule has 4 aromatic rings. The number of benzene rings is 4. The van der Waals surface area contributed by atoms with Crippen molar-refractivity contribution in [3.8, 4) is 5.75 Å². The third-order valence-electron chi connectivity index (χ3n) is 8.32. The van der Waals surface area contributed by atoms with E-state index in [9.17, 15) is 29.8 Å². The summed E-state index contributed by atoms with van der Waals surface area (Å²) in [7, 11) is 1.24. The van der Waals surface area contributed by atoms with E-state index in [1.165, 1.54) is 49.2 Å². The summed E-state index contributed by atoms with van der Waals surface area (Å²) in [6.45, 7) is 0. The van der Waals surface area contributed by atoms with Crippen LogP contribution in [0.2, 0.25) is 0 Å². The normalized spacial score (nSPS) is 21.3. The van der Waals surface area contributed by atoms with Crippen LogP contribution >= 0.6 is 23.4 Å². The minimum atomic E-state index is -0.688. The van der Waals surface area contributed by atoms with Gasteiger partial charge in [-0.05, 0) is 59.9 Å². The smallest absolute Gasteiger partial charge is 0.343 e. The molecule has 0 bridgehead atoms. The fourth-order valence-electron chi connectivity index (χ4n) is 6.27. The SMILES string of the molecule is COC(=O)c1ccccc1OC(=O)c1ccc2c(c1)[C@H]1[C@@H](Cl)[C@@H](Sc3ccccc3[N+](=O)[O-])C[C@H]1[C@H](c1cccc([N+](=O)[O-])c1)N2. The molecule has 1 N–H and O–H groups in total. The summed E-state index contributed by atoms with van der Waals surface area (Å²) in [5.41, 5.74) is 2.43. The number of nitrogens with one attached hydrogen (secondary N) is 1. The van der Waals surface area contributed by atoms with Gasteiger partial charge in [0, 0.05) is 35.1 Å². The maximum atomic E-state index is 13.4. The number of fused-ring (bicyclic) bond motifs is 3. The van der Waals surface area contributed by atoms with Crippen molar-refractivity contribution >= 4 is 52.4 Å². The number of para-hydroxylation sites is 2. The summed E-state index contributed by atoms with van der Waals surface area (Å²) in [4.78, 5) is 48.6. The highest BCUT2D eigenvalue weighted by Crippen LogP contribution is 2.58. The van der Waals surface area contributed by atoms with Gasteiger partial charge in [0.2, 0.25) is 0 Å². The van der Waals surface area contributed by atoms with Crippen LogP contribution in [0.15, 0.2) is 95.9 Å². The average Bonchev–Trinajstić information content (AvgIpc) is 3.39. The van der Waals surface area contributed by atoms with Crippen LogP contribution in [0.25, 0.3) is 0 Å². The van der Waals surface area contributed by atoms with Crippen LogP contribution in [0.4, 0.5) is 17.1 Å². The first-order valence-corrected chi connectivity index (χ1v) is 15.6. The summed E-state index contributed by atoms with van der Waals surface area (Å²) in [5, 5.41) is 26.1. The number of hydrogen-bond donors (Lipinski definition) is 1. The minimum absolute atomic E-state index is 0.0164. The summed E-state index contributed by atoms with van der Waals surface area (Å²) in [5.74, 6) is -1.78. The number of esters is 2. The number of carbonyl (C=O) groups is 2. The van der Waals surface area contributed by atoms with Gasteiger partial charge in [-0.2, -0.15) is 0 Å². The van der Waals surface area contributed by atoms with Crippen molar-refractivity contribution in [3.05, 3.63) is 133 Å². The molecule has 1 aliphatic heterocycles. The molecule has 6 rings (SSSR count). The Bertz CT molecular complexity index is 1870. The lowest BCUT2D eigenvalue weighted by molar-refractivity contribution is -0.387. The maximum Gasteiger partial charge on any atom is 0.343 e. The third kappa shape index (κ3) is 5.88. The summed E-state index contributed by atoms with van der Waals surface area (Å²) in [6.07, 6.45) is 0.538. The molecule has 0 aromatic heterocycles. The molecule has 4 aromatic carbocycles. The number of thioether (sulfide) groups is 1. The molecular weight excluding hydrogens is 634 g/mol. The fourth-order valence-corrected chi connectivity index (χ4v) is 8.21. The van der Waals surface area contributed by atoms with E-state index < -0.39 is 27.2 Å². The Labute approximate surface area is 272 Å². The van der Waals surface area contributed by atoms with Crippen LogP contribution in [0.5, 0.6) is 5.75 Å². The zero-order valence-corrected chi connectivity index (χ0v) is 25.8. The Morgan fingerprint density at radius 3 is 2.43 bits per heavy atom. The van der Waals surface area contributed by atoms with Crippen LogP contribution in [-0.4, -0.2) is 39.5 Å². The molecule has 234 valence electrons. The Hall–Kier alpha value is -4.94. The molecule has 46 heavy (non-hydrogen) atoms. The second-order valence-electron chi connectivity index (χ2n) is 10.9. The van der Waals surface area contributed by atoms with Crippen LogP contribution < -0.4 is 10.1 Å². The highest BCUT2D eigenvalue weighted by Gasteiger charge is 2.50. The molecule has 1 heterocycles. The maximum absolute atomic E-state index is 13.4. The van der Waals surface area contributed by atoms with Crippen molar-refractivity contribution < 1.29 is 28.9 Å². The molecule has 0 unspecified atom stereocenters. The lowest BCUT2D eigenvalue weighted by atomic mass is 9.76. The molecule has 11 nitrogen and oxygen atoms in total. The van der Waals surface area contributed by atoms with Crippen LogP contribution in [0.3, 0.4) is 0 Å². The van der Waals surface area contributed by atoms with E-state index in [1.807, 2.05) is 6.07 Å². The van der Waals surface area contributed by atoms with Gasteiger partial charge in [0.25, 0.3) is 11.4 Å². The second-order valence-corrected chi connectivity index (χ2v) is 12.7. The zero-order valence-electron chi connectivity index (χ0n) is 24.2. The topological polar surface area (TPSA) is 151 Å². The van der Waals surface area contributed by atoms with Gasteiger partial charge in [0.15, 0.2) is 0 Å². The number of nitro groups is 2. The Kier molecular flexibility index (Phi) is 8.65. The van der Waals surface area contributed by atoms with Crippen molar-refractivity contribution in [2.45, 2.75) is 33.9 Å². The van der Waals surface area contributed by atoms with Gasteiger partial charge in [0.05, 0.1) is 38.8 Å². The van der Waals surface area contributed by atoms with Gasteiger partial charge in [0.1, 0.15) is 11.3 Å². The van der Waals surface area contributed by atoms with E-state index >= 15 is 0 Å². The van der Waals surface area contributed by atoms with Gasteiger partial charge in [-0.1, -0.05) is 36.4 Å². The molecule has 1 saturated carbocycles. The Morgan fingerprint density at radius 1 is 0.913 bits per heavy atom. The van der Waals surface area contributed by atoms with Crippen molar-refractivity contribution in [3.63, 3.8) is 0 Å². The van der Waals surface area contributed by atoms with Crippen LogP contribution in [0.1, 0.15) is 50.2 Å². The number of carbonyl (C=O) groups excluding carboxylic acids is 2. The van der Waals surface area contributed by atoms with E-state index in [1.54, 1.807) is 54.6 Å². The first kappa shape index (κ1) is 31.1. The predicted octanol–water partition coefficient (Wildman–Crippen LogP) is 7.55. The second kappa shape index (κ2) is 12.8. The number of nitrogens with zero attached hydrogens (tertiary/aromatic N) is 2. The van der Waals surface area contributed by atoms with Crippen LogP contribution in [-0.2, 0) is 4.74 Å². The number of methoxy groups -OCH3 is 1. The molecule has 13 heteroatoms. The van der Waals surface area contributed by atoms with E-state index in [4.69, 9.17) is 21.1 Å². The zero-order chi connectivity index (χ0) is 32.5. The first-order valence-electron chi connectivity index (χ1n) is 14.2. The van der Waals surface area contributed by atoms with Gasteiger partial charge >= 0.3 is 11.9 Å². The molecule has 0 radical (unpaired) electrons. The van der Waals surface area contributed by atoms with Crippen molar-refractivity contribution in [2.24, 2.45) is 5.92 Å². The molecule has 2 aliphatic rings. The van der Waals surface area contributed by atoms with E-state index in [2.05, 4.69) is 5.32 Å². The van der Waals surface area contributed by atoms with Crippen molar-refractivity contribution in [2.75, 3.05) is 12.4 Å². The molecular formula is C33H26ClN3O8S. The first-order chi connectivity index (χ1) is 22.2. The van der Waals surface area contributed by atoms with Gasteiger partial charge < -0.3 is 14.8 Å². The number of nitro benzene ring substituents is 2. The van der Waals surface area contributed by atoms with Crippen LogP contribution in [0, 0.1) is 26.1 Å². The van der Waals surface area contributed by atoms with E-state index in [-0.39, 0.29) is 51.4 Å². The minimum Gasteiger partial charge on any atom is -0.465 e. The summed E-state index contributed by atoms with van der Waals surface area (Å²) < 4.78 is 10.4. The van der Waals surface area contributed by atoms with Gasteiger partial charge in [-0.15, -0.1) is 23.4 Å². The van der Waals surface area contributed by atoms with Gasteiger partial charge in [-0.25, -0.2) is 9.59 Å². The fraction of sp³-hybridized carbons (Fsp3) is 0.212. The number of anilines is 1. The molecule has 1 fully saturated rings. The van der Waals surface area contributed by atoms with E-state index in [0.29, 0.717) is 22.6 Å². The Balaban J connectivity index is 1.37. The number of hydrogen-bond acceptors (Lipinski definition) is 10.